The van der Waals surface area contributed by atoms with Crippen molar-refractivity contribution in [2.75, 3.05) is 11.3 Å². The van der Waals surface area contributed by atoms with Crippen LogP contribution in [-0.2, 0) is 10.0 Å². The Morgan fingerprint density at radius 3 is 2.59 bits per heavy atom. The van der Waals surface area contributed by atoms with Gasteiger partial charge in [0.1, 0.15) is 0 Å². The predicted molar refractivity (Wildman–Crippen MR) is 106 cm³/mol. The van der Waals surface area contributed by atoms with Gasteiger partial charge in [0.15, 0.2) is 0 Å². The molecule has 2 aromatic rings. The van der Waals surface area contributed by atoms with Crippen LogP contribution < -0.4 is 15.8 Å². The molecule has 0 spiro atoms. The molecule has 1 amide bonds. The van der Waals surface area contributed by atoms with Gasteiger partial charge in [-0.3, -0.25) is 9.52 Å². The smallest absolute Gasteiger partial charge is 0.262 e. The topological polar surface area (TPSA) is 101 Å². The second-order valence-corrected chi connectivity index (χ2v) is 8.78. The number of hydrogen-bond donors (Lipinski definition) is 3. The molecule has 1 fully saturated rings. The van der Waals surface area contributed by atoms with Crippen molar-refractivity contribution < 1.29 is 13.2 Å². The summed E-state index contributed by atoms with van der Waals surface area (Å²) in [6.07, 6.45) is 2.20. The molecule has 0 bridgehead atoms. The zero-order valence-electron chi connectivity index (χ0n) is 15.5. The molecule has 1 unspecified atom stereocenters. The van der Waals surface area contributed by atoms with Gasteiger partial charge in [-0.25, -0.2) is 8.42 Å². The second kappa shape index (κ2) is 7.70. The quantitative estimate of drug-likeness (QED) is 0.679. The van der Waals surface area contributed by atoms with E-state index in [9.17, 15) is 13.2 Å². The molecule has 0 radical (unpaired) electrons. The first kappa shape index (κ1) is 19.4. The number of para-hydroxylation sites is 1. The number of amides is 1. The van der Waals surface area contributed by atoms with Crippen LogP contribution in [0.25, 0.3) is 0 Å². The lowest BCUT2D eigenvalue weighted by molar-refractivity contribution is 0.0951. The molecule has 0 aliphatic heterocycles. The minimum atomic E-state index is -3.81. The Morgan fingerprint density at radius 1 is 1.19 bits per heavy atom. The fraction of sp³-hybridized carbons (Fsp3) is 0.350. The standard InChI is InChI=1S/C20H25N3O3S/c1-13-7-8-14(2)19(11-13)27(25,26)23-18-6-4-3-5-16(18)20(24)22-12-17(21)15-9-10-15/h3-8,11,15,17,23H,9-10,12,21H2,1-2H3,(H,22,24). The summed E-state index contributed by atoms with van der Waals surface area (Å²) in [5.74, 6) is 0.133. The number of carbonyl (C=O) groups is 1. The average Bonchev–Trinajstić information content (AvgIpc) is 3.46. The number of carbonyl (C=O) groups excluding carboxylic acids is 1. The molecule has 3 rings (SSSR count). The molecule has 0 heterocycles. The third kappa shape index (κ3) is 4.67. The van der Waals surface area contributed by atoms with Crippen LogP contribution in [-0.4, -0.2) is 26.9 Å². The van der Waals surface area contributed by atoms with Crippen LogP contribution in [0, 0.1) is 19.8 Å². The van der Waals surface area contributed by atoms with Crippen LogP contribution in [0.3, 0.4) is 0 Å². The van der Waals surface area contributed by atoms with E-state index in [1.165, 1.54) is 0 Å². The highest BCUT2D eigenvalue weighted by Crippen LogP contribution is 2.31. The van der Waals surface area contributed by atoms with E-state index in [0.29, 0.717) is 18.0 Å². The normalized spacial score (nSPS) is 15.2. The molecule has 6 nitrogen and oxygen atoms in total. The van der Waals surface area contributed by atoms with E-state index < -0.39 is 10.0 Å². The van der Waals surface area contributed by atoms with E-state index in [-0.39, 0.29) is 28.1 Å². The summed E-state index contributed by atoms with van der Waals surface area (Å²) < 4.78 is 28.3. The van der Waals surface area contributed by atoms with Gasteiger partial charge in [-0.15, -0.1) is 0 Å². The summed E-state index contributed by atoms with van der Waals surface area (Å²) in [6.45, 7) is 3.95. The van der Waals surface area contributed by atoms with Crippen molar-refractivity contribution in [3.05, 3.63) is 59.2 Å². The van der Waals surface area contributed by atoms with Crippen LogP contribution in [0.4, 0.5) is 5.69 Å². The fourth-order valence-corrected chi connectivity index (χ4v) is 4.37. The van der Waals surface area contributed by atoms with Crippen molar-refractivity contribution in [2.24, 2.45) is 11.7 Å². The number of anilines is 1. The van der Waals surface area contributed by atoms with Crippen LogP contribution in [0.2, 0.25) is 0 Å². The minimum absolute atomic E-state index is 0.0623. The van der Waals surface area contributed by atoms with Gasteiger partial charge in [-0.1, -0.05) is 24.3 Å². The van der Waals surface area contributed by atoms with Gasteiger partial charge in [0.25, 0.3) is 15.9 Å². The lowest BCUT2D eigenvalue weighted by Crippen LogP contribution is -2.38. The summed E-state index contributed by atoms with van der Waals surface area (Å²) in [4.78, 5) is 12.8. The second-order valence-electron chi connectivity index (χ2n) is 7.13. The van der Waals surface area contributed by atoms with Gasteiger partial charge in [-0.05, 0) is 61.9 Å². The van der Waals surface area contributed by atoms with E-state index >= 15 is 0 Å². The van der Waals surface area contributed by atoms with Crippen molar-refractivity contribution in [3.8, 4) is 0 Å². The van der Waals surface area contributed by atoms with Crippen molar-refractivity contribution >= 4 is 21.6 Å². The number of nitrogens with two attached hydrogens (primary N) is 1. The molecule has 1 saturated carbocycles. The zero-order valence-corrected chi connectivity index (χ0v) is 16.3. The Hall–Kier alpha value is -2.38. The molecule has 4 N–H and O–H groups in total. The molecule has 1 aliphatic carbocycles. The molecule has 1 aliphatic rings. The Labute approximate surface area is 160 Å². The molecule has 0 aromatic heterocycles. The van der Waals surface area contributed by atoms with Gasteiger partial charge >= 0.3 is 0 Å². The van der Waals surface area contributed by atoms with Crippen LogP contribution in [0.1, 0.15) is 34.3 Å². The average molecular weight is 388 g/mol. The maximum absolute atomic E-state index is 12.9. The maximum Gasteiger partial charge on any atom is 0.262 e. The molecule has 0 saturated heterocycles. The van der Waals surface area contributed by atoms with E-state index in [1.54, 1.807) is 43.3 Å². The first-order valence-electron chi connectivity index (χ1n) is 9.01. The van der Waals surface area contributed by atoms with Gasteiger partial charge in [0, 0.05) is 12.6 Å². The molecule has 7 heteroatoms. The van der Waals surface area contributed by atoms with Crippen molar-refractivity contribution in [1.82, 2.24) is 5.32 Å². The van der Waals surface area contributed by atoms with Gasteiger partial charge in [0.2, 0.25) is 0 Å². The Kier molecular flexibility index (Phi) is 5.53. The number of aryl methyl sites for hydroxylation is 2. The largest absolute Gasteiger partial charge is 0.350 e. The van der Waals surface area contributed by atoms with Gasteiger partial charge < -0.3 is 11.1 Å². The Bertz CT molecular complexity index is 953. The van der Waals surface area contributed by atoms with E-state index in [2.05, 4.69) is 10.0 Å². The number of hydrogen-bond acceptors (Lipinski definition) is 4. The number of sulfonamides is 1. The first-order valence-corrected chi connectivity index (χ1v) is 10.5. The van der Waals surface area contributed by atoms with Crippen molar-refractivity contribution in [1.29, 1.82) is 0 Å². The number of benzene rings is 2. The molecular formula is C20H25N3O3S. The molecule has 144 valence electrons. The number of nitrogens with one attached hydrogen (secondary N) is 2. The molecule has 2 aromatic carbocycles. The Balaban J connectivity index is 1.80. The van der Waals surface area contributed by atoms with Crippen molar-refractivity contribution in [3.63, 3.8) is 0 Å². The minimum Gasteiger partial charge on any atom is -0.350 e. The zero-order chi connectivity index (χ0) is 19.6. The molecular weight excluding hydrogens is 362 g/mol. The summed E-state index contributed by atoms with van der Waals surface area (Å²) in [5, 5.41) is 2.81. The van der Waals surface area contributed by atoms with Crippen LogP contribution in [0.5, 0.6) is 0 Å². The highest BCUT2D eigenvalue weighted by molar-refractivity contribution is 7.92. The Morgan fingerprint density at radius 2 is 1.89 bits per heavy atom. The monoisotopic (exact) mass is 387 g/mol. The van der Waals surface area contributed by atoms with Crippen LogP contribution in [0.15, 0.2) is 47.4 Å². The van der Waals surface area contributed by atoms with E-state index in [0.717, 1.165) is 18.4 Å². The summed E-state index contributed by atoms with van der Waals surface area (Å²) in [7, 11) is -3.81. The maximum atomic E-state index is 12.9. The highest BCUT2D eigenvalue weighted by atomic mass is 32.2. The van der Waals surface area contributed by atoms with E-state index in [1.807, 2.05) is 13.0 Å². The summed E-state index contributed by atoms with van der Waals surface area (Å²) in [5.41, 5.74) is 8.04. The third-order valence-corrected chi connectivity index (χ3v) is 6.28. The van der Waals surface area contributed by atoms with Gasteiger partial charge in [0.05, 0.1) is 16.1 Å². The molecule has 1 atom stereocenters. The lowest BCUT2D eigenvalue weighted by Gasteiger charge is -2.16. The van der Waals surface area contributed by atoms with Gasteiger partial charge in [-0.2, -0.15) is 0 Å². The summed E-state index contributed by atoms with van der Waals surface area (Å²) >= 11 is 0. The number of rotatable bonds is 7. The first-order chi connectivity index (χ1) is 12.8. The molecule has 27 heavy (non-hydrogen) atoms. The van der Waals surface area contributed by atoms with E-state index in [4.69, 9.17) is 5.73 Å². The SMILES string of the molecule is Cc1ccc(C)c(S(=O)(=O)Nc2ccccc2C(=O)NCC(N)C2CC2)c1. The van der Waals surface area contributed by atoms with Crippen LogP contribution >= 0.6 is 0 Å². The lowest BCUT2D eigenvalue weighted by atomic mass is 10.1. The fourth-order valence-electron chi connectivity index (χ4n) is 2.96. The highest BCUT2D eigenvalue weighted by Gasteiger charge is 2.29. The summed E-state index contributed by atoms with van der Waals surface area (Å²) in [6, 6.07) is 11.7. The predicted octanol–water partition coefficient (Wildman–Crippen LogP) is 2.57. The third-order valence-electron chi connectivity index (χ3n) is 4.78. The van der Waals surface area contributed by atoms with Crippen molar-refractivity contribution in [2.45, 2.75) is 37.6 Å².